The minimum Gasteiger partial charge on any atom is -0.326 e. The van der Waals surface area contributed by atoms with Crippen LogP contribution in [0.2, 0.25) is 5.02 Å². The molecule has 2 N–H and O–H groups in total. The third-order valence-corrected chi connectivity index (χ3v) is 3.91. The largest absolute Gasteiger partial charge is 0.326 e. The minimum atomic E-state index is -0.562. The Balaban J connectivity index is 1.63. The second-order valence-electron chi connectivity index (χ2n) is 5.12. The third-order valence-electron chi connectivity index (χ3n) is 3.59. The predicted octanol–water partition coefficient (Wildman–Crippen LogP) is 2.66. The Morgan fingerprint density at radius 3 is 2.70 bits per heavy atom. The SMILES string of the molecule is O=C(Nc1ccncc1)N[C@@H]1CCN(c2ccccc2Cl)C1=O. The van der Waals surface area contributed by atoms with E-state index in [0.717, 1.165) is 0 Å². The van der Waals surface area contributed by atoms with Gasteiger partial charge in [0.2, 0.25) is 5.91 Å². The first-order chi connectivity index (χ1) is 11.1. The minimum absolute atomic E-state index is 0.164. The molecule has 1 atom stereocenters. The van der Waals surface area contributed by atoms with Crippen LogP contribution in [0.25, 0.3) is 0 Å². The van der Waals surface area contributed by atoms with Crippen molar-refractivity contribution in [2.24, 2.45) is 0 Å². The molecule has 23 heavy (non-hydrogen) atoms. The molecule has 1 saturated heterocycles. The highest BCUT2D eigenvalue weighted by atomic mass is 35.5. The molecule has 0 aliphatic carbocycles. The zero-order valence-corrected chi connectivity index (χ0v) is 13.0. The average molecular weight is 331 g/mol. The molecular formula is C16H15ClN4O2. The van der Waals surface area contributed by atoms with Gasteiger partial charge in [0.15, 0.2) is 0 Å². The Morgan fingerprint density at radius 2 is 1.96 bits per heavy atom. The molecular weight excluding hydrogens is 316 g/mol. The molecule has 1 aliphatic heterocycles. The number of para-hydroxylation sites is 1. The number of pyridine rings is 1. The van der Waals surface area contributed by atoms with Crippen molar-refractivity contribution < 1.29 is 9.59 Å². The van der Waals surface area contributed by atoms with E-state index in [2.05, 4.69) is 15.6 Å². The van der Waals surface area contributed by atoms with Crippen molar-refractivity contribution in [2.75, 3.05) is 16.8 Å². The molecule has 1 fully saturated rings. The van der Waals surface area contributed by atoms with Crippen LogP contribution < -0.4 is 15.5 Å². The molecule has 0 unspecified atom stereocenters. The van der Waals surface area contributed by atoms with Gasteiger partial charge < -0.3 is 15.5 Å². The number of nitrogens with zero attached hydrogens (tertiary/aromatic N) is 2. The van der Waals surface area contributed by atoms with Crippen molar-refractivity contribution in [3.63, 3.8) is 0 Å². The Bertz CT molecular complexity index is 723. The van der Waals surface area contributed by atoms with Crippen LogP contribution in [0.3, 0.4) is 0 Å². The Hall–Kier alpha value is -2.60. The van der Waals surface area contributed by atoms with Gasteiger partial charge in [0, 0.05) is 24.6 Å². The monoisotopic (exact) mass is 330 g/mol. The molecule has 2 heterocycles. The van der Waals surface area contributed by atoms with E-state index in [9.17, 15) is 9.59 Å². The maximum Gasteiger partial charge on any atom is 0.319 e. The van der Waals surface area contributed by atoms with Gasteiger partial charge in [-0.1, -0.05) is 23.7 Å². The average Bonchev–Trinajstić information content (AvgIpc) is 2.90. The van der Waals surface area contributed by atoms with E-state index in [1.54, 1.807) is 41.6 Å². The van der Waals surface area contributed by atoms with Gasteiger partial charge in [0.05, 0.1) is 10.7 Å². The first kappa shape index (κ1) is 15.3. The summed E-state index contributed by atoms with van der Waals surface area (Å²) in [5, 5.41) is 5.88. The molecule has 0 radical (unpaired) electrons. The van der Waals surface area contributed by atoms with Crippen LogP contribution in [0.4, 0.5) is 16.2 Å². The summed E-state index contributed by atoms with van der Waals surface area (Å²) >= 11 is 6.13. The highest BCUT2D eigenvalue weighted by molar-refractivity contribution is 6.34. The molecule has 1 aliphatic rings. The van der Waals surface area contributed by atoms with Crippen molar-refractivity contribution in [1.82, 2.24) is 10.3 Å². The molecule has 0 spiro atoms. The number of carbonyl (C=O) groups is 2. The summed E-state index contributed by atoms with van der Waals surface area (Å²) in [5.41, 5.74) is 1.28. The van der Waals surface area contributed by atoms with Crippen molar-refractivity contribution in [1.29, 1.82) is 0 Å². The molecule has 0 bridgehead atoms. The van der Waals surface area contributed by atoms with Gasteiger partial charge in [-0.05, 0) is 30.7 Å². The number of benzene rings is 1. The molecule has 6 nitrogen and oxygen atoms in total. The number of nitrogens with one attached hydrogen (secondary N) is 2. The normalized spacial score (nSPS) is 17.2. The number of amides is 3. The maximum absolute atomic E-state index is 12.5. The molecule has 1 aromatic heterocycles. The van der Waals surface area contributed by atoms with Gasteiger partial charge in [-0.3, -0.25) is 9.78 Å². The summed E-state index contributed by atoms with van der Waals surface area (Å²) in [7, 11) is 0. The van der Waals surface area contributed by atoms with E-state index in [0.29, 0.717) is 29.4 Å². The second-order valence-corrected chi connectivity index (χ2v) is 5.52. The van der Waals surface area contributed by atoms with Crippen LogP contribution in [0.15, 0.2) is 48.8 Å². The number of hydrogen-bond acceptors (Lipinski definition) is 3. The zero-order valence-electron chi connectivity index (χ0n) is 12.2. The fourth-order valence-electron chi connectivity index (χ4n) is 2.48. The fraction of sp³-hybridized carbons (Fsp3) is 0.188. The maximum atomic E-state index is 12.5. The summed E-state index contributed by atoms with van der Waals surface area (Å²) in [6.45, 7) is 0.517. The Kier molecular flexibility index (Phi) is 4.43. The fourth-order valence-corrected chi connectivity index (χ4v) is 2.72. The predicted molar refractivity (Wildman–Crippen MR) is 88.6 cm³/mol. The van der Waals surface area contributed by atoms with Gasteiger partial charge in [0.25, 0.3) is 0 Å². The van der Waals surface area contributed by atoms with Gasteiger partial charge in [-0.25, -0.2) is 4.79 Å². The van der Waals surface area contributed by atoms with E-state index in [-0.39, 0.29) is 5.91 Å². The number of aromatic nitrogens is 1. The van der Waals surface area contributed by atoms with Gasteiger partial charge in [-0.2, -0.15) is 0 Å². The van der Waals surface area contributed by atoms with Crippen LogP contribution in [0.1, 0.15) is 6.42 Å². The van der Waals surface area contributed by atoms with Crippen LogP contribution in [-0.2, 0) is 4.79 Å². The summed E-state index contributed by atoms with van der Waals surface area (Å²) in [4.78, 5) is 29.9. The highest BCUT2D eigenvalue weighted by Crippen LogP contribution is 2.28. The van der Waals surface area contributed by atoms with Gasteiger partial charge >= 0.3 is 6.03 Å². The Labute approximate surface area is 138 Å². The lowest BCUT2D eigenvalue weighted by Crippen LogP contribution is -2.43. The smallest absolute Gasteiger partial charge is 0.319 e. The Morgan fingerprint density at radius 1 is 1.22 bits per heavy atom. The molecule has 2 aromatic rings. The molecule has 118 valence electrons. The molecule has 1 aromatic carbocycles. The number of rotatable bonds is 3. The first-order valence-corrected chi connectivity index (χ1v) is 7.56. The first-order valence-electron chi connectivity index (χ1n) is 7.18. The summed E-state index contributed by atoms with van der Waals surface area (Å²) in [6, 6.07) is 9.53. The lowest BCUT2D eigenvalue weighted by molar-refractivity contribution is -0.118. The lowest BCUT2D eigenvalue weighted by atomic mass is 10.2. The zero-order chi connectivity index (χ0) is 16.2. The summed E-state index contributed by atoms with van der Waals surface area (Å²) < 4.78 is 0. The lowest BCUT2D eigenvalue weighted by Gasteiger charge is -2.18. The van der Waals surface area contributed by atoms with E-state index in [4.69, 9.17) is 11.6 Å². The molecule has 0 saturated carbocycles. The van der Waals surface area contributed by atoms with E-state index >= 15 is 0 Å². The van der Waals surface area contributed by atoms with E-state index in [1.165, 1.54) is 0 Å². The van der Waals surface area contributed by atoms with Crippen molar-refractivity contribution in [3.05, 3.63) is 53.8 Å². The quantitative estimate of drug-likeness (QED) is 0.908. The van der Waals surface area contributed by atoms with Gasteiger partial charge in [0.1, 0.15) is 6.04 Å². The number of carbonyl (C=O) groups excluding carboxylic acids is 2. The third kappa shape index (κ3) is 3.43. The van der Waals surface area contributed by atoms with Gasteiger partial charge in [-0.15, -0.1) is 0 Å². The number of urea groups is 1. The summed E-state index contributed by atoms with van der Waals surface area (Å²) in [6.07, 6.45) is 3.69. The standard InChI is InChI=1S/C16H15ClN4O2/c17-12-3-1-2-4-14(12)21-10-7-13(15(21)22)20-16(23)19-11-5-8-18-9-6-11/h1-6,8-9,13H,7,10H2,(H2,18,19,20,23)/t13-/m1/s1. The van der Waals surface area contributed by atoms with E-state index < -0.39 is 12.1 Å². The number of halogens is 1. The topological polar surface area (TPSA) is 74.3 Å². The van der Waals surface area contributed by atoms with Crippen molar-refractivity contribution in [3.8, 4) is 0 Å². The number of hydrogen-bond donors (Lipinski definition) is 2. The van der Waals surface area contributed by atoms with Crippen LogP contribution in [-0.4, -0.2) is 29.5 Å². The number of anilines is 2. The summed E-state index contributed by atoms with van der Waals surface area (Å²) in [5.74, 6) is -0.164. The molecule has 3 rings (SSSR count). The van der Waals surface area contributed by atoms with Crippen LogP contribution in [0.5, 0.6) is 0 Å². The second kappa shape index (κ2) is 6.66. The highest BCUT2D eigenvalue weighted by Gasteiger charge is 2.34. The van der Waals surface area contributed by atoms with Crippen molar-refractivity contribution in [2.45, 2.75) is 12.5 Å². The van der Waals surface area contributed by atoms with E-state index in [1.807, 2.05) is 12.1 Å². The van der Waals surface area contributed by atoms with Crippen LogP contribution >= 0.6 is 11.6 Å². The molecule has 3 amide bonds. The van der Waals surface area contributed by atoms with Crippen molar-refractivity contribution >= 4 is 34.9 Å². The molecule has 7 heteroatoms. The van der Waals surface area contributed by atoms with Crippen LogP contribution in [0, 0.1) is 0 Å².